The van der Waals surface area contributed by atoms with Crippen LogP contribution in [0.5, 0.6) is 5.75 Å². The van der Waals surface area contributed by atoms with Crippen LogP contribution in [0.25, 0.3) is 22.2 Å². The first-order valence-corrected chi connectivity index (χ1v) is 6.63. The number of esters is 1. The minimum Gasteiger partial charge on any atom is -0.427 e. The number of hydrogen-bond donors (Lipinski definition) is 0. The summed E-state index contributed by atoms with van der Waals surface area (Å²) in [6, 6.07) is 16.5. The summed E-state index contributed by atoms with van der Waals surface area (Å²) >= 11 is 0. The molecule has 0 amide bonds. The van der Waals surface area contributed by atoms with Gasteiger partial charge in [0.05, 0.1) is 11.1 Å². The molecule has 1 aromatic heterocycles. The fourth-order valence-electron chi connectivity index (χ4n) is 2.22. The molecule has 0 saturated carbocycles. The molecule has 0 aliphatic heterocycles. The van der Waals surface area contributed by atoms with Crippen molar-refractivity contribution in [3.05, 3.63) is 54.1 Å². The Balaban J connectivity index is 2.24. The van der Waals surface area contributed by atoms with E-state index in [2.05, 4.69) is 16.3 Å². The highest BCUT2D eigenvalue weighted by Gasteiger charge is 2.13. The molecular formula is C17H11N3O2. The van der Waals surface area contributed by atoms with E-state index >= 15 is 0 Å². The van der Waals surface area contributed by atoms with Crippen LogP contribution in [-0.2, 0) is 4.79 Å². The number of carbonyl (C=O) groups excluding carboxylic acids is 1. The predicted octanol–water partition coefficient (Wildman–Crippen LogP) is 3.09. The van der Waals surface area contributed by atoms with Gasteiger partial charge in [0.2, 0.25) is 0 Å². The van der Waals surface area contributed by atoms with E-state index in [4.69, 9.17) is 4.74 Å². The van der Waals surface area contributed by atoms with Crippen LogP contribution in [0.2, 0.25) is 0 Å². The van der Waals surface area contributed by atoms with Gasteiger partial charge >= 0.3 is 5.97 Å². The highest BCUT2D eigenvalue weighted by Crippen LogP contribution is 2.28. The molecule has 0 N–H and O–H groups in total. The van der Waals surface area contributed by atoms with Crippen molar-refractivity contribution in [2.45, 2.75) is 6.92 Å². The highest BCUT2D eigenvalue weighted by atomic mass is 16.5. The third-order valence-corrected chi connectivity index (χ3v) is 3.15. The molecule has 0 radical (unpaired) electrons. The SMILES string of the molecule is CC(=O)Oc1ccc2nnc(-c3ccccc3)c(C#N)c2c1. The van der Waals surface area contributed by atoms with Gasteiger partial charge in [-0.1, -0.05) is 30.3 Å². The first-order chi connectivity index (χ1) is 10.7. The molecule has 0 aliphatic carbocycles. The molecular weight excluding hydrogens is 278 g/mol. The molecule has 0 atom stereocenters. The molecule has 5 heteroatoms. The standard InChI is InChI=1S/C17H11N3O2/c1-11(21)22-13-7-8-16-14(9-13)15(10-18)17(20-19-16)12-5-3-2-4-6-12/h2-9H,1H3. The monoisotopic (exact) mass is 289 g/mol. The van der Waals surface area contributed by atoms with E-state index in [1.807, 2.05) is 30.3 Å². The minimum absolute atomic E-state index is 0.378. The van der Waals surface area contributed by atoms with Gasteiger partial charge in [0.1, 0.15) is 17.5 Å². The molecule has 0 fully saturated rings. The number of fused-ring (bicyclic) bond motifs is 1. The lowest BCUT2D eigenvalue weighted by molar-refractivity contribution is -0.131. The predicted molar refractivity (Wildman–Crippen MR) is 81.0 cm³/mol. The van der Waals surface area contributed by atoms with Crippen molar-refractivity contribution in [3.63, 3.8) is 0 Å². The maximum Gasteiger partial charge on any atom is 0.308 e. The number of aromatic nitrogens is 2. The molecule has 3 rings (SSSR count). The quantitative estimate of drug-likeness (QED) is 0.535. The van der Waals surface area contributed by atoms with E-state index < -0.39 is 5.97 Å². The highest BCUT2D eigenvalue weighted by molar-refractivity contribution is 5.91. The molecule has 0 spiro atoms. The molecule has 0 unspecified atom stereocenters. The van der Waals surface area contributed by atoms with Gasteiger partial charge in [-0.25, -0.2) is 0 Å². The van der Waals surface area contributed by atoms with E-state index in [0.29, 0.717) is 27.9 Å². The van der Waals surface area contributed by atoms with E-state index in [1.165, 1.54) is 6.92 Å². The molecule has 2 aromatic carbocycles. The van der Waals surface area contributed by atoms with Crippen molar-refractivity contribution < 1.29 is 9.53 Å². The fourth-order valence-corrected chi connectivity index (χ4v) is 2.22. The van der Waals surface area contributed by atoms with Gasteiger partial charge in [0, 0.05) is 17.9 Å². The molecule has 1 heterocycles. The average molecular weight is 289 g/mol. The Morgan fingerprint density at radius 2 is 1.91 bits per heavy atom. The first kappa shape index (κ1) is 13.7. The first-order valence-electron chi connectivity index (χ1n) is 6.63. The fraction of sp³-hybridized carbons (Fsp3) is 0.0588. The Kier molecular flexibility index (Phi) is 3.50. The van der Waals surface area contributed by atoms with Crippen LogP contribution in [0.15, 0.2) is 48.5 Å². The summed E-state index contributed by atoms with van der Waals surface area (Å²) in [7, 11) is 0. The van der Waals surface area contributed by atoms with E-state index in [9.17, 15) is 10.1 Å². The van der Waals surface area contributed by atoms with Crippen LogP contribution in [0.4, 0.5) is 0 Å². The van der Waals surface area contributed by atoms with Crippen molar-refractivity contribution in [2.24, 2.45) is 0 Å². The second-order valence-electron chi connectivity index (χ2n) is 4.67. The number of nitriles is 1. The topological polar surface area (TPSA) is 75.9 Å². The largest absolute Gasteiger partial charge is 0.427 e. The van der Waals surface area contributed by atoms with Crippen molar-refractivity contribution >= 4 is 16.9 Å². The number of carbonyl (C=O) groups is 1. The normalized spacial score (nSPS) is 10.2. The zero-order valence-electron chi connectivity index (χ0n) is 11.8. The van der Waals surface area contributed by atoms with Crippen molar-refractivity contribution in [2.75, 3.05) is 0 Å². The van der Waals surface area contributed by atoms with Crippen LogP contribution in [0.3, 0.4) is 0 Å². The van der Waals surface area contributed by atoms with Gasteiger partial charge in [-0.3, -0.25) is 4.79 Å². The Labute approximate surface area is 126 Å². The van der Waals surface area contributed by atoms with E-state index in [-0.39, 0.29) is 0 Å². The van der Waals surface area contributed by atoms with Crippen LogP contribution < -0.4 is 4.74 Å². The zero-order valence-corrected chi connectivity index (χ0v) is 11.8. The molecule has 22 heavy (non-hydrogen) atoms. The second kappa shape index (κ2) is 5.62. The summed E-state index contributed by atoms with van der Waals surface area (Å²) in [4.78, 5) is 11.1. The van der Waals surface area contributed by atoms with Gasteiger partial charge < -0.3 is 4.74 Å². The van der Waals surface area contributed by atoms with Crippen LogP contribution >= 0.6 is 0 Å². The number of nitrogens with zero attached hydrogens (tertiary/aromatic N) is 3. The maximum atomic E-state index is 11.1. The summed E-state index contributed by atoms with van der Waals surface area (Å²) in [6.45, 7) is 1.33. The lowest BCUT2D eigenvalue weighted by atomic mass is 10.0. The summed E-state index contributed by atoms with van der Waals surface area (Å²) in [5, 5.41) is 18.4. The van der Waals surface area contributed by atoms with E-state index in [1.54, 1.807) is 18.2 Å². The van der Waals surface area contributed by atoms with Crippen molar-refractivity contribution in [3.8, 4) is 23.1 Å². The number of hydrogen-bond acceptors (Lipinski definition) is 5. The Bertz CT molecular complexity index is 899. The summed E-state index contributed by atoms with van der Waals surface area (Å²) in [6.07, 6.45) is 0. The lowest BCUT2D eigenvalue weighted by Gasteiger charge is -2.07. The zero-order chi connectivity index (χ0) is 15.5. The molecule has 0 aliphatic rings. The van der Waals surface area contributed by atoms with Gasteiger partial charge in [0.15, 0.2) is 0 Å². The van der Waals surface area contributed by atoms with E-state index in [0.717, 1.165) is 5.56 Å². The number of benzene rings is 2. The third-order valence-electron chi connectivity index (χ3n) is 3.15. The lowest BCUT2D eigenvalue weighted by Crippen LogP contribution is -2.02. The molecule has 0 bridgehead atoms. The minimum atomic E-state index is -0.414. The van der Waals surface area contributed by atoms with Gasteiger partial charge in [-0.2, -0.15) is 5.26 Å². The smallest absolute Gasteiger partial charge is 0.308 e. The van der Waals surface area contributed by atoms with Crippen LogP contribution in [-0.4, -0.2) is 16.2 Å². The molecule has 3 aromatic rings. The molecule has 106 valence electrons. The maximum absolute atomic E-state index is 11.1. The Hall–Kier alpha value is -3.26. The molecule has 5 nitrogen and oxygen atoms in total. The van der Waals surface area contributed by atoms with Crippen LogP contribution in [0, 0.1) is 11.3 Å². The summed E-state index contributed by atoms with van der Waals surface area (Å²) < 4.78 is 5.07. The van der Waals surface area contributed by atoms with Crippen molar-refractivity contribution in [1.29, 1.82) is 5.26 Å². The summed E-state index contributed by atoms with van der Waals surface area (Å²) in [5.41, 5.74) is 2.30. The molecule has 0 saturated heterocycles. The third kappa shape index (κ3) is 2.50. The summed E-state index contributed by atoms with van der Waals surface area (Å²) in [5.74, 6) is -0.0355. The Morgan fingerprint density at radius 3 is 2.59 bits per heavy atom. The van der Waals surface area contributed by atoms with Gasteiger partial charge in [-0.15, -0.1) is 10.2 Å². The van der Waals surface area contributed by atoms with Gasteiger partial charge in [0.25, 0.3) is 0 Å². The Morgan fingerprint density at radius 1 is 1.14 bits per heavy atom. The van der Waals surface area contributed by atoms with Crippen LogP contribution in [0.1, 0.15) is 12.5 Å². The van der Waals surface area contributed by atoms with Crippen molar-refractivity contribution in [1.82, 2.24) is 10.2 Å². The number of ether oxygens (including phenoxy) is 1. The second-order valence-corrected chi connectivity index (χ2v) is 4.67. The average Bonchev–Trinajstić information content (AvgIpc) is 2.54. The van der Waals surface area contributed by atoms with Gasteiger partial charge in [-0.05, 0) is 18.2 Å². The number of rotatable bonds is 2.